The zero-order valence-electron chi connectivity index (χ0n) is 15.5. The highest BCUT2D eigenvalue weighted by Crippen LogP contribution is 2.22. The maximum atomic E-state index is 13.5. The maximum absolute atomic E-state index is 13.5. The van der Waals surface area contributed by atoms with Crippen molar-refractivity contribution in [3.05, 3.63) is 59.9 Å². The molecule has 0 unspecified atom stereocenters. The van der Waals surface area contributed by atoms with Gasteiger partial charge in [-0.1, -0.05) is 23.8 Å². The number of nitrogens with one attached hydrogen (secondary N) is 1. The molecule has 8 heteroatoms. The molecule has 1 amide bonds. The number of benzene rings is 2. The molecule has 5 nitrogen and oxygen atoms in total. The van der Waals surface area contributed by atoms with Gasteiger partial charge in [-0.05, 0) is 44.2 Å². The molecule has 27 heavy (non-hydrogen) atoms. The van der Waals surface area contributed by atoms with Gasteiger partial charge in [0.25, 0.3) is 0 Å². The lowest BCUT2D eigenvalue weighted by Gasteiger charge is -2.28. The highest BCUT2D eigenvalue weighted by atomic mass is 32.2. The highest BCUT2D eigenvalue weighted by Gasteiger charge is 2.29. The minimum absolute atomic E-state index is 0.120. The fraction of sp³-hybridized carbons (Fsp3) is 0.316. The van der Waals surface area contributed by atoms with Gasteiger partial charge in [0.15, 0.2) is 0 Å². The molecule has 0 aliphatic heterocycles. The van der Waals surface area contributed by atoms with Crippen LogP contribution in [0.4, 0.5) is 10.1 Å². The van der Waals surface area contributed by atoms with E-state index in [0.29, 0.717) is 12.3 Å². The number of nitrogens with zero attached hydrogens (tertiary/aromatic N) is 1. The Bertz CT molecular complexity index is 886. The normalized spacial score (nSPS) is 12.4. The van der Waals surface area contributed by atoms with Crippen molar-refractivity contribution in [2.24, 2.45) is 0 Å². The van der Waals surface area contributed by atoms with Crippen LogP contribution < -0.4 is 9.62 Å². The molecule has 0 aromatic heterocycles. The molecule has 1 atom stereocenters. The molecule has 146 valence electrons. The first kappa shape index (κ1) is 21.2. The Balaban J connectivity index is 1.97. The van der Waals surface area contributed by atoms with Crippen LogP contribution in [0, 0.1) is 12.7 Å². The predicted octanol–water partition coefficient (Wildman–Crippen LogP) is 3.20. The highest BCUT2D eigenvalue weighted by molar-refractivity contribution is 7.99. The van der Waals surface area contributed by atoms with Gasteiger partial charge in [0.2, 0.25) is 15.9 Å². The van der Waals surface area contributed by atoms with Gasteiger partial charge in [0, 0.05) is 17.2 Å². The Morgan fingerprint density at radius 2 is 1.89 bits per heavy atom. The molecule has 2 aromatic carbocycles. The van der Waals surface area contributed by atoms with E-state index in [9.17, 15) is 17.6 Å². The Labute approximate surface area is 164 Å². The van der Waals surface area contributed by atoms with Crippen molar-refractivity contribution >= 4 is 33.4 Å². The lowest BCUT2D eigenvalue weighted by molar-refractivity contribution is -0.121. The first-order valence-corrected chi connectivity index (χ1v) is 11.2. The van der Waals surface area contributed by atoms with Crippen LogP contribution in [0.2, 0.25) is 0 Å². The predicted molar refractivity (Wildman–Crippen MR) is 108 cm³/mol. The van der Waals surface area contributed by atoms with Crippen LogP contribution in [0.15, 0.2) is 53.4 Å². The van der Waals surface area contributed by atoms with E-state index in [-0.39, 0.29) is 5.69 Å². The lowest BCUT2D eigenvalue weighted by atomic mass is 10.2. The summed E-state index contributed by atoms with van der Waals surface area (Å²) in [6, 6.07) is 12.3. The number of sulfonamides is 1. The second kappa shape index (κ2) is 9.23. The van der Waals surface area contributed by atoms with Gasteiger partial charge >= 0.3 is 0 Å². The fourth-order valence-electron chi connectivity index (χ4n) is 2.55. The zero-order chi connectivity index (χ0) is 20.0. The number of aryl methyl sites for hydroxylation is 1. The quantitative estimate of drug-likeness (QED) is 0.536. The summed E-state index contributed by atoms with van der Waals surface area (Å²) in [6.45, 7) is 3.89. The number of hydrogen-bond donors (Lipinski definition) is 1. The van der Waals surface area contributed by atoms with Gasteiger partial charge in [-0.25, -0.2) is 12.8 Å². The molecule has 0 bridgehead atoms. The van der Waals surface area contributed by atoms with Crippen molar-refractivity contribution in [3.8, 4) is 0 Å². The van der Waals surface area contributed by atoms with Crippen molar-refractivity contribution in [2.75, 3.05) is 22.9 Å². The van der Waals surface area contributed by atoms with Crippen LogP contribution in [0.3, 0.4) is 0 Å². The van der Waals surface area contributed by atoms with Gasteiger partial charge in [-0.2, -0.15) is 0 Å². The third-order valence-electron chi connectivity index (χ3n) is 3.84. The van der Waals surface area contributed by atoms with E-state index < -0.39 is 27.8 Å². The average Bonchev–Trinajstić information content (AvgIpc) is 2.59. The third kappa shape index (κ3) is 6.25. The summed E-state index contributed by atoms with van der Waals surface area (Å²) in [5.74, 6) is -0.349. The second-order valence-corrected chi connectivity index (χ2v) is 9.19. The molecule has 2 aromatic rings. The van der Waals surface area contributed by atoms with E-state index in [1.165, 1.54) is 30.7 Å². The largest absolute Gasteiger partial charge is 0.353 e. The number of carbonyl (C=O) groups excluding carboxylic acids is 1. The number of carbonyl (C=O) groups is 1. The first-order chi connectivity index (χ1) is 12.7. The molecule has 0 fully saturated rings. The van der Waals surface area contributed by atoms with E-state index >= 15 is 0 Å². The smallest absolute Gasteiger partial charge is 0.243 e. The van der Waals surface area contributed by atoms with E-state index in [0.717, 1.165) is 21.5 Å². The summed E-state index contributed by atoms with van der Waals surface area (Å²) in [7, 11) is -3.76. The number of amides is 1. The molecule has 0 aliphatic rings. The van der Waals surface area contributed by atoms with Crippen LogP contribution in [0.1, 0.15) is 12.5 Å². The summed E-state index contributed by atoms with van der Waals surface area (Å²) in [5, 5.41) is 2.74. The van der Waals surface area contributed by atoms with Gasteiger partial charge in [-0.3, -0.25) is 9.10 Å². The molecule has 0 heterocycles. The number of anilines is 1. The van der Waals surface area contributed by atoms with Gasteiger partial charge in [0.1, 0.15) is 11.9 Å². The number of halogens is 1. The number of hydrogen-bond acceptors (Lipinski definition) is 4. The molecular weight excluding hydrogens is 387 g/mol. The van der Waals surface area contributed by atoms with Crippen molar-refractivity contribution in [1.82, 2.24) is 5.32 Å². The van der Waals surface area contributed by atoms with Gasteiger partial charge < -0.3 is 5.32 Å². The molecular formula is C19H23FN2O3S2. The zero-order valence-corrected chi connectivity index (χ0v) is 17.1. The minimum atomic E-state index is -3.76. The molecule has 0 spiro atoms. The van der Waals surface area contributed by atoms with Crippen LogP contribution >= 0.6 is 11.8 Å². The average molecular weight is 411 g/mol. The van der Waals surface area contributed by atoms with Gasteiger partial charge in [0.05, 0.1) is 11.9 Å². The summed E-state index contributed by atoms with van der Waals surface area (Å²) < 4.78 is 38.7. The molecule has 1 N–H and O–H groups in total. The second-order valence-electron chi connectivity index (χ2n) is 6.17. The van der Waals surface area contributed by atoms with Gasteiger partial charge in [-0.15, -0.1) is 11.8 Å². The topological polar surface area (TPSA) is 66.5 Å². The Hall–Kier alpha value is -2.06. The Kier molecular flexibility index (Phi) is 7.26. The summed E-state index contributed by atoms with van der Waals surface area (Å²) >= 11 is 1.60. The monoisotopic (exact) mass is 410 g/mol. The maximum Gasteiger partial charge on any atom is 0.243 e. The Morgan fingerprint density at radius 1 is 1.22 bits per heavy atom. The van der Waals surface area contributed by atoms with Crippen molar-refractivity contribution in [2.45, 2.75) is 24.8 Å². The summed E-state index contributed by atoms with van der Waals surface area (Å²) in [6.07, 6.45) is 0.995. The molecule has 0 saturated carbocycles. The fourth-order valence-corrected chi connectivity index (χ4v) is 4.48. The first-order valence-electron chi connectivity index (χ1n) is 8.40. The molecule has 2 rings (SSSR count). The summed E-state index contributed by atoms with van der Waals surface area (Å²) in [5.41, 5.74) is 1.30. The minimum Gasteiger partial charge on any atom is -0.353 e. The lowest BCUT2D eigenvalue weighted by Crippen LogP contribution is -2.48. The van der Waals surface area contributed by atoms with Crippen LogP contribution in [0.25, 0.3) is 0 Å². The van der Waals surface area contributed by atoms with E-state index in [1.807, 2.05) is 31.2 Å². The van der Waals surface area contributed by atoms with Crippen LogP contribution in [0.5, 0.6) is 0 Å². The van der Waals surface area contributed by atoms with Crippen molar-refractivity contribution in [1.29, 1.82) is 0 Å². The van der Waals surface area contributed by atoms with Crippen LogP contribution in [-0.4, -0.2) is 38.9 Å². The van der Waals surface area contributed by atoms with Crippen molar-refractivity contribution < 1.29 is 17.6 Å². The van der Waals surface area contributed by atoms with Crippen LogP contribution in [-0.2, 0) is 14.8 Å². The number of rotatable bonds is 8. The number of thioether (sulfide) groups is 1. The van der Waals surface area contributed by atoms with E-state index in [4.69, 9.17) is 0 Å². The standard InChI is InChI=1S/C19H23FN2O3S2/c1-14-7-9-18(10-8-14)26-12-11-21-19(23)15(2)22(27(3,24)25)17-6-4-5-16(20)13-17/h4-10,13,15H,11-12H2,1-3H3,(H,21,23)/t15-/m0/s1. The van der Waals surface area contributed by atoms with Crippen molar-refractivity contribution in [3.63, 3.8) is 0 Å². The third-order valence-corrected chi connectivity index (χ3v) is 6.10. The molecule has 0 radical (unpaired) electrons. The molecule has 0 saturated heterocycles. The van der Waals surface area contributed by atoms with E-state index in [2.05, 4.69) is 5.32 Å². The Morgan fingerprint density at radius 3 is 2.48 bits per heavy atom. The van der Waals surface area contributed by atoms with E-state index in [1.54, 1.807) is 11.8 Å². The molecule has 0 aliphatic carbocycles. The summed E-state index contributed by atoms with van der Waals surface area (Å²) in [4.78, 5) is 13.5. The SMILES string of the molecule is Cc1ccc(SCCNC(=O)[C@H](C)N(c2cccc(F)c2)S(C)(=O)=O)cc1.